The lowest BCUT2D eigenvalue weighted by atomic mass is 10.3. The summed E-state index contributed by atoms with van der Waals surface area (Å²) in [5.41, 5.74) is 0. The largest absolute Gasteiger partial charge is 0.335 e. The van der Waals surface area contributed by atoms with Crippen molar-refractivity contribution in [3.63, 3.8) is 0 Å². The van der Waals surface area contributed by atoms with E-state index in [1.54, 1.807) is 4.90 Å². The molecule has 1 aromatic carbocycles. The molecule has 2 saturated heterocycles. The fourth-order valence-corrected chi connectivity index (χ4v) is 5.84. The summed E-state index contributed by atoms with van der Waals surface area (Å²) in [5.74, 6) is -2.56. The van der Waals surface area contributed by atoms with Crippen LogP contribution < -0.4 is 0 Å². The van der Waals surface area contributed by atoms with Crippen LogP contribution >= 0.6 is 11.3 Å². The van der Waals surface area contributed by atoms with Crippen LogP contribution in [0.25, 0.3) is 0 Å². The van der Waals surface area contributed by atoms with E-state index in [-0.39, 0.29) is 44.3 Å². The van der Waals surface area contributed by atoms with Gasteiger partial charge in [-0.05, 0) is 23.6 Å². The summed E-state index contributed by atoms with van der Waals surface area (Å²) in [6.45, 7) is 0.621. The summed E-state index contributed by atoms with van der Waals surface area (Å²) >= 11 is 1.51. The molecule has 0 saturated carbocycles. The van der Waals surface area contributed by atoms with Gasteiger partial charge in [0.15, 0.2) is 0 Å². The average Bonchev–Trinajstić information content (AvgIpc) is 3.36. The van der Waals surface area contributed by atoms with E-state index in [1.165, 1.54) is 33.8 Å². The molecule has 4 amide bonds. The van der Waals surface area contributed by atoms with Crippen LogP contribution in [0.15, 0.2) is 46.7 Å². The minimum Gasteiger partial charge on any atom is -0.283 e. The second-order valence-electron chi connectivity index (χ2n) is 7.40. The Morgan fingerprint density at radius 3 is 2.25 bits per heavy atom. The highest BCUT2D eigenvalue weighted by atomic mass is 32.2. The molecule has 0 N–H and O–H groups in total. The molecule has 2 fully saturated rings. The average molecular weight is 481 g/mol. The number of hydrogen-bond donors (Lipinski definition) is 0. The van der Waals surface area contributed by atoms with Gasteiger partial charge in [0.25, 0.3) is 0 Å². The van der Waals surface area contributed by atoms with Crippen molar-refractivity contribution in [3.8, 4) is 0 Å². The van der Waals surface area contributed by atoms with E-state index in [4.69, 9.17) is 0 Å². The first kappa shape index (κ1) is 22.5. The van der Waals surface area contributed by atoms with Crippen LogP contribution in [0.2, 0.25) is 0 Å². The number of rotatable bonds is 7. The van der Waals surface area contributed by atoms with Crippen molar-refractivity contribution in [2.75, 3.05) is 39.4 Å². The van der Waals surface area contributed by atoms with Gasteiger partial charge < -0.3 is 0 Å². The molecular weight excluding hydrogens is 459 g/mol. The Kier molecular flexibility index (Phi) is 6.38. The van der Waals surface area contributed by atoms with Crippen molar-refractivity contribution in [2.24, 2.45) is 0 Å². The summed E-state index contributed by atoms with van der Waals surface area (Å²) in [5, 5.41) is 1.90. The maximum absolute atomic E-state index is 14.0. The third kappa shape index (κ3) is 4.31. The van der Waals surface area contributed by atoms with E-state index in [0.29, 0.717) is 6.42 Å². The van der Waals surface area contributed by atoms with Crippen LogP contribution in [0, 0.1) is 5.82 Å². The van der Waals surface area contributed by atoms with E-state index < -0.39 is 33.7 Å². The molecule has 0 unspecified atom stereocenters. The third-order valence-corrected chi connectivity index (χ3v) is 8.29. The molecule has 0 atom stereocenters. The van der Waals surface area contributed by atoms with Crippen molar-refractivity contribution in [2.45, 2.75) is 11.3 Å². The lowest BCUT2D eigenvalue weighted by molar-refractivity contribution is -0.144. The second kappa shape index (κ2) is 9.06. The highest BCUT2D eigenvalue weighted by Gasteiger charge is 2.45. The van der Waals surface area contributed by atoms with E-state index >= 15 is 0 Å². The number of sulfonamides is 1. The van der Waals surface area contributed by atoms with Gasteiger partial charge in [-0.1, -0.05) is 18.2 Å². The van der Waals surface area contributed by atoms with Crippen molar-refractivity contribution < 1.29 is 27.2 Å². The van der Waals surface area contributed by atoms with Crippen molar-refractivity contribution in [3.05, 3.63) is 52.5 Å². The first-order valence-corrected chi connectivity index (χ1v) is 12.3. The van der Waals surface area contributed by atoms with E-state index in [2.05, 4.69) is 0 Å². The molecule has 2 aliphatic heterocycles. The quantitative estimate of drug-likeness (QED) is 0.436. The standard InChI is InChI=1S/C20H21FN4O5S2/c21-16-5-1-2-6-17(16)32(29,30)23-11-9-22(10-12-23)14-25-19(27)18(26)24(20(25)28)8-7-15-4-3-13-31-15/h1-6,13H,7-12,14H2. The molecule has 1 aromatic heterocycles. The molecule has 0 spiro atoms. The van der Waals surface area contributed by atoms with Gasteiger partial charge in [0.1, 0.15) is 10.7 Å². The minimum atomic E-state index is -3.99. The van der Waals surface area contributed by atoms with Crippen LogP contribution in [0.5, 0.6) is 0 Å². The summed E-state index contributed by atoms with van der Waals surface area (Å²) in [6, 6.07) is 8.28. The number of urea groups is 1. The van der Waals surface area contributed by atoms with Crippen LogP contribution in [0.3, 0.4) is 0 Å². The normalized spacial score (nSPS) is 18.7. The second-order valence-corrected chi connectivity index (χ2v) is 10.3. The van der Waals surface area contributed by atoms with Gasteiger partial charge in [-0.15, -0.1) is 11.3 Å². The zero-order valence-corrected chi connectivity index (χ0v) is 18.6. The molecule has 0 aliphatic carbocycles. The highest BCUT2D eigenvalue weighted by molar-refractivity contribution is 7.89. The molecule has 0 bridgehead atoms. The molecular formula is C20H21FN4O5S2. The number of thiophene rings is 1. The Balaban J connectivity index is 1.35. The van der Waals surface area contributed by atoms with Gasteiger partial charge in [0.05, 0.1) is 6.67 Å². The number of halogens is 1. The lowest BCUT2D eigenvalue weighted by Gasteiger charge is -2.35. The van der Waals surface area contributed by atoms with Gasteiger partial charge in [-0.3, -0.25) is 19.4 Å². The molecule has 4 rings (SSSR count). The highest BCUT2D eigenvalue weighted by Crippen LogP contribution is 2.21. The minimum absolute atomic E-state index is 0.0723. The van der Waals surface area contributed by atoms with Gasteiger partial charge >= 0.3 is 17.8 Å². The predicted octanol–water partition coefficient (Wildman–Crippen LogP) is 1.18. The number of benzene rings is 1. The van der Waals surface area contributed by atoms with Crippen LogP contribution in [-0.2, 0) is 26.0 Å². The molecule has 3 heterocycles. The van der Waals surface area contributed by atoms with Crippen LogP contribution in [0.4, 0.5) is 9.18 Å². The Hall–Kier alpha value is -2.67. The number of carbonyl (C=O) groups is 3. The zero-order valence-electron chi connectivity index (χ0n) is 17.0. The summed E-state index contributed by atoms with van der Waals surface area (Å²) < 4.78 is 40.6. The molecule has 12 heteroatoms. The van der Waals surface area contributed by atoms with Gasteiger partial charge in [0, 0.05) is 44.0 Å². The summed E-state index contributed by atoms with van der Waals surface area (Å²) in [7, 11) is -3.99. The van der Waals surface area contributed by atoms with Crippen LogP contribution in [0.1, 0.15) is 4.88 Å². The monoisotopic (exact) mass is 480 g/mol. The van der Waals surface area contributed by atoms with E-state index in [9.17, 15) is 27.2 Å². The maximum Gasteiger partial charge on any atom is 0.335 e. The molecule has 170 valence electrons. The SMILES string of the molecule is O=C1C(=O)N(CN2CCN(S(=O)(=O)c3ccccc3F)CC2)C(=O)N1CCc1cccs1. The molecule has 2 aliphatic rings. The first-order valence-electron chi connectivity index (χ1n) is 9.96. The third-order valence-electron chi connectivity index (χ3n) is 5.42. The first-order chi connectivity index (χ1) is 15.3. The Labute approximate surface area is 188 Å². The van der Waals surface area contributed by atoms with Crippen molar-refractivity contribution in [1.29, 1.82) is 0 Å². The number of amides is 4. The van der Waals surface area contributed by atoms with Gasteiger partial charge in [-0.25, -0.2) is 22.5 Å². The number of carbonyl (C=O) groups excluding carboxylic acids is 3. The smallest absolute Gasteiger partial charge is 0.283 e. The fourth-order valence-electron chi connectivity index (χ4n) is 3.65. The maximum atomic E-state index is 14.0. The fraction of sp³-hybridized carbons (Fsp3) is 0.350. The molecule has 9 nitrogen and oxygen atoms in total. The lowest BCUT2D eigenvalue weighted by Crippen LogP contribution is -2.52. The molecule has 32 heavy (non-hydrogen) atoms. The number of hydrogen-bond acceptors (Lipinski definition) is 7. The molecule has 0 radical (unpaired) electrons. The van der Waals surface area contributed by atoms with Crippen molar-refractivity contribution >= 4 is 39.2 Å². The Morgan fingerprint density at radius 2 is 1.59 bits per heavy atom. The molecule has 2 aromatic rings. The van der Waals surface area contributed by atoms with Gasteiger partial charge in [0.2, 0.25) is 10.0 Å². The summed E-state index contributed by atoms with van der Waals surface area (Å²) in [4.78, 5) is 41.4. The zero-order chi connectivity index (χ0) is 22.9. The summed E-state index contributed by atoms with van der Waals surface area (Å²) in [6.07, 6.45) is 0.475. The number of imide groups is 2. The van der Waals surface area contributed by atoms with Gasteiger partial charge in [-0.2, -0.15) is 4.31 Å². The number of nitrogens with zero attached hydrogens (tertiary/aromatic N) is 4. The Bertz CT molecular complexity index is 1130. The predicted molar refractivity (Wildman–Crippen MR) is 114 cm³/mol. The Morgan fingerprint density at radius 1 is 0.906 bits per heavy atom. The topological polar surface area (TPSA) is 98.3 Å². The van der Waals surface area contributed by atoms with E-state index in [1.807, 2.05) is 17.5 Å². The van der Waals surface area contributed by atoms with Crippen molar-refractivity contribution in [1.82, 2.24) is 19.0 Å². The number of piperazine rings is 1. The van der Waals surface area contributed by atoms with E-state index in [0.717, 1.165) is 20.7 Å². The van der Waals surface area contributed by atoms with Crippen LogP contribution in [-0.4, -0.2) is 84.7 Å².